The number of hydrogen-bond acceptors (Lipinski definition) is 4. The van der Waals surface area contributed by atoms with Gasteiger partial charge in [-0.2, -0.15) is 0 Å². The number of carboxylic acid groups (broad SMARTS) is 1. The maximum absolute atomic E-state index is 11.6. The second-order valence-corrected chi connectivity index (χ2v) is 8.03. The average Bonchev–Trinajstić information content (AvgIpc) is 2.65. The Balaban J connectivity index is 2.25. The highest BCUT2D eigenvalue weighted by Crippen LogP contribution is 2.37. The van der Waals surface area contributed by atoms with E-state index in [-0.39, 0.29) is 5.92 Å². The summed E-state index contributed by atoms with van der Waals surface area (Å²) in [6, 6.07) is 11.1. The maximum atomic E-state index is 11.6. The van der Waals surface area contributed by atoms with Crippen molar-refractivity contribution in [1.29, 1.82) is 0 Å². The summed E-state index contributed by atoms with van der Waals surface area (Å²) >= 11 is 3.57. The van der Waals surface area contributed by atoms with E-state index in [9.17, 15) is 9.90 Å². The number of carboxylic acids is 1. The molecule has 2 N–H and O–H groups in total. The molecule has 5 nitrogen and oxygen atoms in total. The van der Waals surface area contributed by atoms with Crippen molar-refractivity contribution in [3.05, 3.63) is 57.6 Å². The van der Waals surface area contributed by atoms with E-state index in [1.807, 2.05) is 57.2 Å². The zero-order valence-electron chi connectivity index (χ0n) is 16.8. The SMILES string of the molecule is COc1ccc(Br)c(CNC(CC(C)C)C(=O)O)c1OCc1ccccc1C. The van der Waals surface area contributed by atoms with E-state index in [0.29, 0.717) is 31.1 Å². The van der Waals surface area contributed by atoms with Crippen LogP contribution < -0.4 is 14.8 Å². The predicted molar refractivity (Wildman–Crippen MR) is 114 cm³/mol. The summed E-state index contributed by atoms with van der Waals surface area (Å²) in [5.41, 5.74) is 3.08. The van der Waals surface area contributed by atoms with Gasteiger partial charge in [-0.25, -0.2) is 0 Å². The Morgan fingerprint density at radius 1 is 1.21 bits per heavy atom. The maximum Gasteiger partial charge on any atom is 0.320 e. The molecule has 1 unspecified atom stereocenters. The summed E-state index contributed by atoms with van der Waals surface area (Å²) in [6.07, 6.45) is 0.552. The molecule has 0 spiro atoms. The van der Waals surface area contributed by atoms with Crippen molar-refractivity contribution >= 4 is 21.9 Å². The Morgan fingerprint density at radius 2 is 1.93 bits per heavy atom. The Morgan fingerprint density at radius 3 is 2.54 bits per heavy atom. The minimum Gasteiger partial charge on any atom is -0.493 e. The Bertz CT molecular complexity index is 807. The third-order valence-corrected chi connectivity index (χ3v) is 5.29. The van der Waals surface area contributed by atoms with Crippen molar-refractivity contribution in [2.24, 2.45) is 5.92 Å². The molecule has 0 saturated heterocycles. The van der Waals surface area contributed by atoms with Crippen molar-refractivity contribution in [1.82, 2.24) is 5.32 Å². The second-order valence-electron chi connectivity index (χ2n) is 7.17. The summed E-state index contributed by atoms with van der Waals surface area (Å²) in [7, 11) is 1.60. The number of hydrogen-bond donors (Lipinski definition) is 2. The smallest absolute Gasteiger partial charge is 0.320 e. The minimum atomic E-state index is -0.852. The molecule has 0 fully saturated rings. The standard InChI is InChI=1S/C22H28BrNO4/c1-14(2)11-19(22(25)26)24-12-17-18(23)9-10-20(27-4)21(17)28-13-16-8-6-5-7-15(16)3/h5-10,14,19,24H,11-13H2,1-4H3,(H,25,26). The molecule has 0 bridgehead atoms. The van der Waals surface area contributed by atoms with E-state index in [1.54, 1.807) is 7.11 Å². The molecule has 2 aromatic carbocycles. The van der Waals surface area contributed by atoms with E-state index in [1.165, 1.54) is 0 Å². The lowest BCUT2D eigenvalue weighted by atomic mass is 10.0. The fourth-order valence-corrected chi connectivity index (χ4v) is 3.41. The third kappa shape index (κ3) is 5.97. The molecule has 0 aliphatic heterocycles. The van der Waals surface area contributed by atoms with Crippen LogP contribution in [-0.4, -0.2) is 24.2 Å². The summed E-state index contributed by atoms with van der Waals surface area (Å²) in [6.45, 7) is 6.82. The fourth-order valence-electron chi connectivity index (χ4n) is 2.96. The molecule has 0 radical (unpaired) electrons. The number of halogens is 1. The van der Waals surface area contributed by atoms with Gasteiger partial charge in [-0.3, -0.25) is 4.79 Å². The first-order valence-electron chi connectivity index (χ1n) is 9.32. The van der Waals surface area contributed by atoms with Gasteiger partial charge in [0.15, 0.2) is 11.5 Å². The van der Waals surface area contributed by atoms with Gasteiger partial charge >= 0.3 is 5.97 Å². The van der Waals surface area contributed by atoms with Crippen LogP contribution in [0.4, 0.5) is 0 Å². The molecule has 0 aliphatic carbocycles. The molecule has 6 heteroatoms. The first-order valence-corrected chi connectivity index (χ1v) is 10.1. The van der Waals surface area contributed by atoms with Crippen molar-refractivity contribution < 1.29 is 19.4 Å². The highest BCUT2D eigenvalue weighted by Gasteiger charge is 2.21. The van der Waals surface area contributed by atoms with Gasteiger partial charge in [0.25, 0.3) is 0 Å². The summed E-state index contributed by atoms with van der Waals surface area (Å²) < 4.78 is 12.5. The van der Waals surface area contributed by atoms with Gasteiger partial charge in [0.2, 0.25) is 0 Å². The van der Waals surface area contributed by atoms with Gasteiger partial charge in [0.1, 0.15) is 12.6 Å². The number of rotatable bonds is 10. The highest BCUT2D eigenvalue weighted by atomic mass is 79.9. The van der Waals surface area contributed by atoms with Crippen molar-refractivity contribution in [2.75, 3.05) is 7.11 Å². The number of carbonyl (C=O) groups is 1. The number of aliphatic carboxylic acids is 1. The summed E-state index contributed by atoms with van der Waals surface area (Å²) in [5.74, 6) is 0.653. The van der Waals surface area contributed by atoms with Crippen LogP contribution in [0, 0.1) is 12.8 Å². The molecule has 152 valence electrons. The fraction of sp³-hybridized carbons (Fsp3) is 0.409. The molecule has 0 saturated carbocycles. The predicted octanol–water partition coefficient (Wildman–Crippen LogP) is 4.93. The zero-order chi connectivity index (χ0) is 20.7. The molecular formula is C22H28BrNO4. The van der Waals surface area contributed by atoms with Crippen LogP contribution in [-0.2, 0) is 17.9 Å². The first-order chi connectivity index (χ1) is 13.3. The molecular weight excluding hydrogens is 422 g/mol. The highest BCUT2D eigenvalue weighted by molar-refractivity contribution is 9.10. The van der Waals surface area contributed by atoms with Crippen LogP contribution in [0.2, 0.25) is 0 Å². The van der Waals surface area contributed by atoms with Gasteiger partial charge in [-0.15, -0.1) is 0 Å². The zero-order valence-corrected chi connectivity index (χ0v) is 18.4. The van der Waals surface area contributed by atoms with Crippen LogP contribution in [0.1, 0.15) is 37.0 Å². The van der Waals surface area contributed by atoms with Crippen LogP contribution >= 0.6 is 15.9 Å². The lowest BCUT2D eigenvalue weighted by Gasteiger charge is -2.20. The van der Waals surface area contributed by atoms with Crippen LogP contribution in [0.5, 0.6) is 11.5 Å². The monoisotopic (exact) mass is 449 g/mol. The van der Waals surface area contributed by atoms with Gasteiger partial charge in [0.05, 0.1) is 7.11 Å². The first kappa shape index (κ1) is 22.2. The van der Waals surface area contributed by atoms with E-state index in [2.05, 4.69) is 21.2 Å². The molecule has 0 aromatic heterocycles. The molecule has 0 amide bonds. The number of ether oxygens (including phenoxy) is 2. The quantitative estimate of drug-likeness (QED) is 0.537. The molecule has 2 aromatic rings. The summed E-state index contributed by atoms with van der Waals surface area (Å²) in [5, 5.41) is 12.6. The van der Waals surface area contributed by atoms with Gasteiger partial charge in [-0.1, -0.05) is 54.0 Å². The topological polar surface area (TPSA) is 67.8 Å². The van der Waals surface area contributed by atoms with Crippen molar-refractivity contribution in [3.8, 4) is 11.5 Å². The lowest BCUT2D eigenvalue weighted by molar-refractivity contribution is -0.140. The Labute approximate surface area is 175 Å². The molecule has 1 atom stereocenters. The summed E-state index contributed by atoms with van der Waals surface area (Å²) in [4.78, 5) is 11.6. The Hall–Kier alpha value is -2.05. The number of nitrogens with one attached hydrogen (secondary N) is 1. The van der Waals surface area contributed by atoms with E-state index in [0.717, 1.165) is 21.2 Å². The average molecular weight is 450 g/mol. The van der Waals surface area contributed by atoms with E-state index < -0.39 is 12.0 Å². The Kier molecular flexibility index (Phi) is 8.33. The normalized spacial score (nSPS) is 12.1. The van der Waals surface area contributed by atoms with E-state index in [4.69, 9.17) is 9.47 Å². The van der Waals surface area contributed by atoms with Gasteiger partial charge in [0, 0.05) is 16.6 Å². The molecule has 0 aliphatic rings. The van der Waals surface area contributed by atoms with E-state index >= 15 is 0 Å². The largest absolute Gasteiger partial charge is 0.493 e. The number of benzene rings is 2. The number of methoxy groups -OCH3 is 1. The minimum absolute atomic E-state index is 0.277. The number of aryl methyl sites for hydroxylation is 1. The molecule has 28 heavy (non-hydrogen) atoms. The second kappa shape index (κ2) is 10.5. The molecule has 0 heterocycles. The van der Waals surface area contributed by atoms with Crippen molar-refractivity contribution in [2.45, 2.75) is 46.4 Å². The van der Waals surface area contributed by atoms with Gasteiger partial charge < -0.3 is 19.9 Å². The van der Waals surface area contributed by atoms with Crippen LogP contribution in [0.15, 0.2) is 40.9 Å². The van der Waals surface area contributed by atoms with Crippen LogP contribution in [0.3, 0.4) is 0 Å². The van der Waals surface area contributed by atoms with Crippen LogP contribution in [0.25, 0.3) is 0 Å². The lowest BCUT2D eigenvalue weighted by Crippen LogP contribution is -2.37. The van der Waals surface area contributed by atoms with Gasteiger partial charge in [-0.05, 0) is 42.5 Å². The molecule has 2 rings (SSSR count). The third-order valence-electron chi connectivity index (χ3n) is 4.55. The van der Waals surface area contributed by atoms with Crippen molar-refractivity contribution in [3.63, 3.8) is 0 Å².